The standard InChI is InChI=1S/C11H14BrNOS/c12-7-9-1-4-13(5-2-9)11(14)10-3-6-15-8-10/h3,6,8-9H,1-2,4-5,7H2. The van der Waals surface area contributed by atoms with Crippen molar-refractivity contribution >= 4 is 33.2 Å². The Kier molecular flexibility index (Phi) is 3.81. The van der Waals surface area contributed by atoms with Crippen molar-refractivity contribution in [3.05, 3.63) is 22.4 Å². The van der Waals surface area contributed by atoms with E-state index in [1.54, 1.807) is 11.3 Å². The Labute approximate surface area is 102 Å². The minimum atomic E-state index is 0.198. The molecule has 0 saturated carbocycles. The van der Waals surface area contributed by atoms with E-state index >= 15 is 0 Å². The third-order valence-electron chi connectivity index (χ3n) is 2.89. The third-order valence-corrected chi connectivity index (χ3v) is 4.49. The van der Waals surface area contributed by atoms with Crippen LogP contribution in [0.1, 0.15) is 23.2 Å². The smallest absolute Gasteiger partial charge is 0.254 e. The Morgan fingerprint density at radius 1 is 1.53 bits per heavy atom. The molecule has 15 heavy (non-hydrogen) atoms. The maximum Gasteiger partial charge on any atom is 0.254 e. The average molecular weight is 288 g/mol. The van der Waals surface area contributed by atoms with Crippen LogP contribution in [-0.2, 0) is 0 Å². The fraction of sp³-hybridized carbons (Fsp3) is 0.545. The van der Waals surface area contributed by atoms with Gasteiger partial charge in [-0.15, -0.1) is 0 Å². The van der Waals surface area contributed by atoms with Gasteiger partial charge in [0.25, 0.3) is 5.91 Å². The summed E-state index contributed by atoms with van der Waals surface area (Å²) in [5.41, 5.74) is 0.845. The fourth-order valence-corrected chi connectivity index (χ4v) is 3.14. The van der Waals surface area contributed by atoms with E-state index in [9.17, 15) is 4.79 Å². The highest BCUT2D eigenvalue weighted by molar-refractivity contribution is 9.09. The molecule has 4 heteroatoms. The number of likely N-dealkylation sites (tertiary alicyclic amines) is 1. The molecule has 2 heterocycles. The number of rotatable bonds is 2. The van der Waals surface area contributed by atoms with Crippen LogP contribution in [0.15, 0.2) is 16.8 Å². The Bertz CT molecular complexity index is 317. The normalized spacial score (nSPS) is 18.1. The number of halogens is 1. The van der Waals surface area contributed by atoms with E-state index < -0.39 is 0 Å². The number of carbonyl (C=O) groups excluding carboxylic acids is 1. The molecule has 2 nitrogen and oxygen atoms in total. The van der Waals surface area contributed by atoms with Crippen molar-refractivity contribution in [3.8, 4) is 0 Å². The van der Waals surface area contributed by atoms with E-state index in [2.05, 4.69) is 15.9 Å². The second-order valence-electron chi connectivity index (χ2n) is 3.90. The summed E-state index contributed by atoms with van der Waals surface area (Å²) in [5.74, 6) is 0.945. The Morgan fingerprint density at radius 2 is 2.27 bits per heavy atom. The van der Waals surface area contributed by atoms with E-state index in [1.165, 1.54) is 0 Å². The first-order chi connectivity index (χ1) is 7.31. The maximum absolute atomic E-state index is 12.0. The SMILES string of the molecule is O=C(c1ccsc1)N1CCC(CBr)CC1. The van der Waals surface area contributed by atoms with Gasteiger partial charge in [-0.05, 0) is 30.2 Å². The van der Waals surface area contributed by atoms with Crippen LogP contribution in [-0.4, -0.2) is 29.2 Å². The van der Waals surface area contributed by atoms with Crippen LogP contribution in [0.25, 0.3) is 0 Å². The summed E-state index contributed by atoms with van der Waals surface area (Å²) in [6, 6.07) is 1.91. The number of hydrogen-bond donors (Lipinski definition) is 0. The minimum Gasteiger partial charge on any atom is -0.339 e. The summed E-state index contributed by atoms with van der Waals surface area (Å²) in [4.78, 5) is 14.0. The van der Waals surface area contributed by atoms with E-state index in [0.717, 1.165) is 42.7 Å². The number of hydrogen-bond acceptors (Lipinski definition) is 2. The van der Waals surface area contributed by atoms with E-state index in [4.69, 9.17) is 0 Å². The summed E-state index contributed by atoms with van der Waals surface area (Å²) >= 11 is 5.09. The largest absolute Gasteiger partial charge is 0.339 e. The number of nitrogens with zero attached hydrogens (tertiary/aromatic N) is 1. The molecule has 1 fully saturated rings. The quantitative estimate of drug-likeness (QED) is 0.766. The molecule has 0 N–H and O–H groups in total. The molecule has 1 aliphatic rings. The molecule has 1 aromatic rings. The van der Waals surface area contributed by atoms with Gasteiger partial charge in [0.2, 0.25) is 0 Å². The van der Waals surface area contributed by atoms with Gasteiger partial charge in [0.15, 0.2) is 0 Å². The van der Waals surface area contributed by atoms with Crippen molar-refractivity contribution in [1.82, 2.24) is 4.90 Å². The predicted octanol–water partition coefficient (Wildman–Crippen LogP) is 3.00. The topological polar surface area (TPSA) is 20.3 Å². The number of alkyl halides is 1. The fourth-order valence-electron chi connectivity index (χ4n) is 1.86. The molecule has 82 valence electrons. The summed E-state index contributed by atoms with van der Waals surface area (Å²) < 4.78 is 0. The van der Waals surface area contributed by atoms with E-state index in [-0.39, 0.29) is 5.91 Å². The molecule has 2 rings (SSSR count). The van der Waals surface area contributed by atoms with Crippen LogP contribution in [0.4, 0.5) is 0 Å². The van der Waals surface area contributed by atoms with Crippen molar-refractivity contribution in [1.29, 1.82) is 0 Å². The van der Waals surface area contributed by atoms with Gasteiger partial charge in [-0.3, -0.25) is 4.79 Å². The molecule has 1 saturated heterocycles. The van der Waals surface area contributed by atoms with Crippen LogP contribution in [0.5, 0.6) is 0 Å². The number of amides is 1. The van der Waals surface area contributed by atoms with Gasteiger partial charge in [0, 0.05) is 23.8 Å². The zero-order valence-corrected chi connectivity index (χ0v) is 10.9. The van der Waals surface area contributed by atoms with Crippen LogP contribution >= 0.6 is 27.3 Å². The third kappa shape index (κ3) is 2.61. The average Bonchev–Trinajstić information content (AvgIpc) is 2.82. The molecule has 0 aliphatic carbocycles. The van der Waals surface area contributed by atoms with E-state index in [1.807, 2.05) is 21.7 Å². The van der Waals surface area contributed by atoms with Gasteiger partial charge in [0.1, 0.15) is 0 Å². The summed E-state index contributed by atoms with van der Waals surface area (Å²) in [5, 5.41) is 4.95. The second-order valence-corrected chi connectivity index (χ2v) is 5.33. The van der Waals surface area contributed by atoms with Gasteiger partial charge in [0.05, 0.1) is 5.56 Å². The van der Waals surface area contributed by atoms with Gasteiger partial charge >= 0.3 is 0 Å². The molecule has 0 spiro atoms. The van der Waals surface area contributed by atoms with E-state index in [0.29, 0.717) is 0 Å². The lowest BCUT2D eigenvalue weighted by Gasteiger charge is -2.31. The summed E-state index contributed by atoms with van der Waals surface area (Å²) in [7, 11) is 0. The molecule has 0 bridgehead atoms. The second kappa shape index (κ2) is 5.12. The molecular formula is C11H14BrNOS. The first kappa shape index (κ1) is 11.1. The molecule has 0 radical (unpaired) electrons. The summed E-state index contributed by atoms with van der Waals surface area (Å²) in [6.45, 7) is 1.82. The van der Waals surface area contributed by atoms with Crippen molar-refractivity contribution < 1.29 is 4.79 Å². The molecule has 0 aromatic carbocycles. The van der Waals surface area contributed by atoms with Crippen molar-refractivity contribution in [2.45, 2.75) is 12.8 Å². The van der Waals surface area contributed by atoms with Crippen LogP contribution in [0.2, 0.25) is 0 Å². The molecule has 0 atom stereocenters. The lowest BCUT2D eigenvalue weighted by molar-refractivity contribution is 0.0699. The van der Waals surface area contributed by atoms with Crippen LogP contribution < -0.4 is 0 Å². The van der Waals surface area contributed by atoms with Crippen molar-refractivity contribution in [2.75, 3.05) is 18.4 Å². The summed E-state index contributed by atoms with van der Waals surface area (Å²) in [6.07, 6.45) is 2.25. The number of carbonyl (C=O) groups is 1. The molecule has 1 aliphatic heterocycles. The Morgan fingerprint density at radius 3 is 2.80 bits per heavy atom. The zero-order chi connectivity index (χ0) is 10.7. The van der Waals surface area contributed by atoms with Gasteiger partial charge < -0.3 is 4.90 Å². The highest BCUT2D eigenvalue weighted by Gasteiger charge is 2.22. The Balaban J connectivity index is 1.93. The van der Waals surface area contributed by atoms with Crippen LogP contribution in [0, 0.1) is 5.92 Å². The van der Waals surface area contributed by atoms with Crippen LogP contribution in [0.3, 0.4) is 0 Å². The molecular weight excluding hydrogens is 274 g/mol. The van der Waals surface area contributed by atoms with Crippen molar-refractivity contribution in [3.63, 3.8) is 0 Å². The maximum atomic E-state index is 12.0. The number of thiophene rings is 1. The van der Waals surface area contributed by atoms with Gasteiger partial charge in [-0.2, -0.15) is 11.3 Å². The molecule has 0 unspecified atom stereocenters. The van der Waals surface area contributed by atoms with Gasteiger partial charge in [-0.1, -0.05) is 15.9 Å². The lowest BCUT2D eigenvalue weighted by Crippen LogP contribution is -2.38. The van der Waals surface area contributed by atoms with Crippen molar-refractivity contribution in [2.24, 2.45) is 5.92 Å². The first-order valence-electron chi connectivity index (χ1n) is 5.18. The lowest BCUT2D eigenvalue weighted by atomic mass is 9.99. The number of piperidine rings is 1. The van der Waals surface area contributed by atoms with Gasteiger partial charge in [-0.25, -0.2) is 0 Å². The molecule has 1 aromatic heterocycles. The zero-order valence-electron chi connectivity index (χ0n) is 8.49. The first-order valence-corrected chi connectivity index (χ1v) is 7.25. The highest BCUT2D eigenvalue weighted by Crippen LogP contribution is 2.21. The molecule has 1 amide bonds. The minimum absolute atomic E-state index is 0.198. The Hall–Kier alpha value is -0.350. The predicted molar refractivity (Wildman–Crippen MR) is 66.7 cm³/mol. The monoisotopic (exact) mass is 287 g/mol. The highest BCUT2D eigenvalue weighted by atomic mass is 79.9.